The summed E-state index contributed by atoms with van der Waals surface area (Å²) >= 11 is 0. The number of carbonyl (C=O) groups excluding carboxylic acids is 1. The number of aldehydes is 1. The van der Waals surface area contributed by atoms with Gasteiger partial charge in [0.1, 0.15) is 23.7 Å². The van der Waals surface area contributed by atoms with Gasteiger partial charge in [-0.05, 0) is 56.2 Å². The van der Waals surface area contributed by atoms with Gasteiger partial charge < -0.3 is 37.2 Å². The van der Waals surface area contributed by atoms with E-state index in [1.54, 1.807) is 56.7 Å². The highest BCUT2D eigenvalue weighted by molar-refractivity contribution is 5.91. The number of rotatable bonds is 9. The maximum Gasteiger partial charge on any atom is 0.124 e. The molecular weight excluding hydrogens is 580 g/mol. The molecule has 2 spiro atoms. The van der Waals surface area contributed by atoms with E-state index in [4.69, 9.17) is 17.2 Å². The molecule has 0 amide bonds. The summed E-state index contributed by atoms with van der Waals surface area (Å²) < 4.78 is 4.25. The summed E-state index contributed by atoms with van der Waals surface area (Å²) in [6, 6.07) is 8.02. The van der Waals surface area contributed by atoms with Crippen LogP contribution in [0, 0.1) is 16.7 Å². The number of likely N-dealkylation sites (tertiary alicyclic amines) is 2. The Balaban J connectivity index is 0.000000195. The number of methoxy groups -OCH3 is 1. The third kappa shape index (κ3) is 8.45. The molecule has 4 fully saturated rings. The zero-order valence-electron chi connectivity index (χ0n) is 27.6. The molecule has 1 atom stereocenters. The molecule has 11 nitrogen and oxygen atoms in total. The van der Waals surface area contributed by atoms with Gasteiger partial charge >= 0.3 is 0 Å². The maximum absolute atomic E-state index is 10.8. The van der Waals surface area contributed by atoms with E-state index < -0.39 is 0 Å². The van der Waals surface area contributed by atoms with Gasteiger partial charge in [-0.1, -0.05) is 36.9 Å². The summed E-state index contributed by atoms with van der Waals surface area (Å²) in [5.74, 6) is 1.51. The molecule has 2 saturated heterocycles. The van der Waals surface area contributed by atoms with Gasteiger partial charge in [-0.2, -0.15) is 0 Å². The summed E-state index contributed by atoms with van der Waals surface area (Å²) in [6.45, 7) is 12.0. The van der Waals surface area contributed by atoms with Gasteiger partial charge in [-0.15, -0.1) is 0 Å². The van der Waals surface area contributed by atoms with E-state index in [1.807, 2.05) is 13.0 Å². The molecule has 1 aromatic rings. The number of benzene rings is 1. The molecule has 3 aliphatic heterocycles. The number of phenolic OH excluding ortho intramolecular Hbond substituents is 1. The van der Waals surface area contributed by atoms with Gasteiger partial charge in [0.2, 0.25) is 0 Å². The first-order chi connectivity index (χ1) is 22.1. The van der Waals surface area contributed by atoms with E-state index in [0.717, 1.165) is 18.4 Å². The monoisotopic (exact) mass is 632 g/mol. The number of nitrogens with zero attached hydrogens (tertiary/aromatic N) is 4. The Hall–Kier alpha value is -3.93. The average molecular weight is 633 g/mol. The summed E-state index contributed by atoms with van der Waals surface area (Å²) in [7, 11) is 3.25. The van der Waals surface area contributed by atoms with Crippen molar-refractivity contribution in [3.05, 3.63) is 72.2 Å². The molecule has 2 saturated carbocycles. The fourth-order valence-electron chi connectivity index (χ4n) is 7.24. The van der Waals surface area contributed by atoms with Crippen LogP contribution in [-0.2, 0) is 9.53 Å². The first-order valence-electron chi connectivity index (χ1n) is 16.0. The number of para-hydroxylation sites is 1. The molecule has 5 aliphatic rings. The highest BCUT2D eigenvalue weighted by atomic mass is 16.4. The van der Waals surface area contributed by atoms with Crippen LogP contribution in [0.3, 0.4) is 0 Å². The molecule has 2 aliphatic carbocycles. The Labute approximate surface area is 273 Å². The summed E-state index contributed by atoms with van der Waals surface area (Å²) in [5, 5.41) is 12.8. The molecule has 11 heteroatoms. The lowest BCUT2D eigenvalue weighted by Crippen LogP contribution is -2.76. The molecular formula is C35H52N8O3. The first-order valence-corrected chi connectivity index (χ1v) is 16.0. The third-order valence-electron chi connectivity index (χ3n) is 9.51. The Bertz CT molecular complexity index is 1350. The number of nitrogens with two attached hydrogens (primary N) is 3. The minimum absolute atomic E-state index is 0.0998. The summed E-state index contributed by atoms with van der Waals surface area (Å²) in [4.78, 5) is 24.8. The summed E-state index contributed by atoms with van der Waals surface area (Å²) in [6.07, 6.45) is 15.2. The number of hydrogen-bond donors (Lipinski definition) is 5. The number of aliphatic imine (C=N–C) groups is 2. The lowest BCUT2D eigenvalue weighted by Gasteiger charge is -2.67. The molecule has 0 aromatic heterocycles. The fourth-order valence-corrected chi connectivity index (χ4v) is 7.24. The minimum atomic E-state index is 0.0998. The molecule has 1 unspecified atom stereocenters. The van der Waals surface area contributed by atoms with Crippen LogP contribution < -0.4 is 22.5 Å². The molecule has 3 heterocycles. The Kier molecular flexibility index (Phi) is 11.8. The lowest BCUT2D eigenvalue weighted by molar-refractivity contribution is -0.179. The Morgan fingerprint density at radius 1 is 1.09 bits per heavy atom. The first kappa shape index (κ1) is 34.9. The molecule has 6 rings (SSSR count). The van der Waals surface area contributed by atoms with Crippen molar-refractivity contribution in [2.45, 2.75) is 44.7 Å². The van der Waals surface area contributed by atoms with E-state index in [0.29, 0.717) is 46.3 Å². The van der Waals surface area contributed by atoms with Gasteiger partial charge in [0, 0.05) is 81.8 Å². The molecule has 1 aromatic carbocycles. The zero-order valence-corrected chi connectivity index (χ0v) is 27.6. The van der Waals surface area contributed by atoms with Crippen molar-refractivity contribution in [1.82, 2.24) is 15.1 Å². The van der Waals surface area contributed by atoms with Crippen LogP contribution in [-0.4, -0.2) is 98.8 Å². The van der Waals surface area contributed by atoms with Crippen LogP contribution in [0.25, 0.3) is 5.70 Å². The number of aromatic hydroxyl groups is 1. The smallest absolute Gasteiger partial charge is 0.124 e. The van der Waals surface area contributed by atoms with Crippen molar-refractivity contribution in [1.29, 1.82) is 0 Å². The molecule has 0 bridgehead atoms. The second kappa shape index (κ2) is 15.6. The van der Waals surface area contributed by atoms with E-state index >= 15 is 0 Å². The second-order valence-corrected chi connectivity index (χ2v) is 13.3. The normalized spacial score (nSPS) is 27.8. The topological polar surface area (TPSA) is 168 Å². The van der Waals surface area contributed by atoms with E-state index in [2.05, 4.69) is 42.6 Å². The highest BCUT2D eigenvalue weighted by Gasteiger charge is 2.60. The van der Waals surface area contributed by atoms with Crippen LogP contribution in [0.5, 0.6) is 5.75 Å². The predicted molar refractivity (Wildman–Crippen MR) is 186 cm³/mol. The van der Waals surface area contributed by atoms with Crippen LogP contribution in [0.15, 0.2) is 76.7 Å². The highest BCUT2D eigenvalue weighted by Crippen LogP contribution is 2.60. The minimum Gasteiger partial charge on any atom is -0.507 e. The second-order valence-electron chi connectivity index (χ2n) is 13.3. The molecule has 8 N–H and O–H groups in total. The van der Waals surface area contributed by atoms with Crippen LogP contribution >= 0.6 is 0 Å². The Morgan fingerprint density at radius 2 is 1.74 bits per heavy atom. The molecule has 46 heavy (non-hydrogen) atoms. The summed E-state index contributed by atoms with van der Waals surface area (Å²) in [5.41, 5.74) is 19.7. The number of ether oxygens (including phenoxy) is 1. The van der Waals surface area contributed by atoms with Crippen LogP contribution in [0.4, 0.5) is 0 Å². The van der Waals surface area contributed by atoms with Crippen LogP contribution in [0.2, 0.25) is 0 Å². The van der Waals surface area contributed by atoms with Crippen molar-refractivity contribution in [2.75, 3.05) is 53.5 Å². The molecule has 250 valence electrons. The molecule has 0 radical (unpaired) electrons. The van der Waals surface area contributed by atoms with Gasteiger partial charge in [0.25, 0.3) is 0 Å². The fraction of sp³-hybridized carbons (Fsp3) is 0.514. The SMILES string of the molecule is C=CC=CCNC(/C=C(\N)c1ccccc1O)=C(N)N.CC1=NCC(N2CC3(C2)CN(C2CC4(CC(C=O)C4)C2)C3)C=N1.COC. The van der Waals surface area contributed by atoms with Gasteiger partial charge in [-0.3, -0.25) is 14.8 Å². The van der Waals surface area contributed by atoms with Gasteiger partial charge in [0.05, 0.1) is 18.3 Å². The number of nitrogens with one attached hydrogen (secondary N) is 1. The van der Waals surface area contributed by atoms with Crippen LogP contribution in [0.1, 0.15) is 38.2 Å². The van der Waals surface area contributed by atoms with Gasteiger partial charge in [0.15, 0.2) is 0 Å². The van der Waals surface area contributed by atoms with E-state index in [-0.39, 0.29) is 11.6 Å². The number of hydrogen-bond acceptors (Lipinski definition) is 11. The third-order valence-corrected chi connectivity index (χ3v) is 9.51. The number of carbonyl (C=O) groups is 1. The van der Waals surface area contributed by atoms with Crippen molar-refractivity contribution < 1.29 is 14.6 Å². The van der Waals surface area contributed by atoms with Crippen molar-refractivity contribution in [2.24, 2.45) is 43.9 Å². The van der Waals surface area contributed by atoms with E-state index in [1.165, 1.54) is 58.1 Å². The number of amidine groups is 1. The zero-order chi connectivity index (χ0) is 33.3. The number of allylic oxidation sites excluding steroid dienone is 3. The average Bonchev–Trinajstić information content (AvgIpc) is 2.94. The van der Waals surface area contributed by atoms with Crippen molar-refractivity contribution in [3.63, 3.8) is 0 Å². The van der Waals surface area contributed by atoms with Crippen molar-refractivity contribution >= 4 is 24.0 Å². The van der Waals surface area contributed by atoms with E-state index in [9.17, 15) is 9.90 Å². The standard InChI is InChI=1S/C18H26N4O.C15H20N4O.C2H6O/c1-13-19-6-16(7-20-13)22-11-18(12-22)9-21(10-18)15-4-17(5-15)2-14(3-17)8-23;1-2-3-6-9-19-13(15(17)18)10-12(16)11-7-4-5-8-14(11)20;1-3-2/h6,8,14-16H,2-5,7,9-12H2,1H3;2-8,10,19-20H,1,9,16-18H2;1-2H3/b;6-3?,12-10-;. The van der Waals surface area contributed by atoms with Gasteiger partial charge in [-0.25, -0.2) is 4.99 Å². The quantitative estimate of drug-likeness (QED) is 0.203. The lowest BCUT2D eigenvalue weighted by atomic mass is 9.49. The largest absolute Gasteiger partial charge is 0.507 e. The maximum atomic E-state index is 10.8. The van der Waals surface area contributed by atoms with Crippen molar-refractivity contribution in [3.8, 4) is 5.75 Å². The predicted octanol–water partition coefficient (Wildman–Crippen LogP) is 2.61. The number of phenols is 1. The Morgan fingerprint density at radius 3 is 2.30 bits per heavy atom.